The zero-order chi connectivity index (χ0) is 18.4. The van der Waals surface area contributed by atoms with Crippen LogP contribution >= 0.6 is 0 Å². The van der Waals surface area contributed by atoms with E-state index in [1.165, 1.54) is 25.3 Å². The van der Waals surface area contributed by atoms with Crippen molar-refractivity contribution in [3.05, 3.63) is 48.2 Å². The first-order chi connectivity index (χ1) is 12.6. The molecule has 2 aromatic rings. The number of aliphatic carboxylic acids is 1. The summed E-state index contributed by atoms with van der Waals surface area (Å²) in [7, 11) is 0. The Bertz CT molecular complexity index is 771. The third-order valence-corrected chi connectivity index (χ3v) is 4.17. The molecule has 7 nitrogen and oxygen atoms in total. The summed E-state index contributed by atoms with van der Waals surface area (Å²) in [6.45, 7) is 1.62. The average molecular weight is 355 g/mol. The van der Waals surface area contributed by atoms with Crippen LogP contribution in [0.4, 0.5) is 11.5 Å². The average Bonchev–Trinajstić information content (AvgIpc) is 2.68. The van der Waals surface area contributed by atoms with E-state index in [1.807, 2.05) is 6.07 Å². The Hall–Kier alpha value is -3.09. The van der Waals surface area contributed by atoms with Crippen LogP contribution in [-0.4, -0.2) is 41.7 Å². The zero-order valence-corrected chi connectivity index (χ0v) is 14.4. The second kappa shape index (κ2) is 8.33. The van der Waals surface area contributed by atoms with Crippen LogP contribution in [0, 0.1) is 0 Å². The molecule has 7 heteroatoms. The highest BCUT2D eigenvalue weighted by molar-refractivity contribution is 6.04. The maximum atomic E-state index is 12.4. The van der Waals surface area contributed by atoms with E-state index in [1.54, 1.807) is 30.5 Å². The molecule has 0 radical (unpaired) electrons. The SMILES string of the molecule is O=C(O)COc1cccc(C(=O)Nc2ccc(N3CCCCC3)cn2)c1. The summed E-state index contributed by atoms with van der Waals surface area (Å²) < 4.78 is 5.09. The van der Waals surface area contributed by atoms with Gasteiger partial charge in [-0.15, -0.1) is 0 Å². The van der Waals surface area contributed by atoms with Gasteiger partial charge in [0.2, 0.25) is 0 Å². The van der Waals surface area contributed by atoms with Gasteiger partial charge in [-0.1, -0.05) is 6.07 Å². The zero-order valence-electron chi connectivity index (χ0n) is 14.4. The summed E-state index contributed by atoms with van der Waals surface area (Å²) in [5, 5.41) is 11.4. The predicted octanol–water partition coefficient (Wildman–Crippen LogP) is 2.79. The molecule has 26 heavy (non-hydrogen) atoms. The molecule has 1 saturated heterocycles. The maximum absolute atomic E-state index is 12.4. The summed E-state index contributed by atoms with van der Waals surface area (Å²) in [6.07, 6.45) is 5.43. The Morgan fingerprint density at radius 3 is 2.65 bits per heavy atom. The molecule has 1 aromatic heterocycles. The van der Waals surface area contributed by atoms with Gasteiger partial charge in [0.05, 0.1) is 11.9 Å². The van der Waals surface area contributed by atoms with Gasteiger partial charge in [-0.25, -0.2) is 9.78 Å². The lowest BCUT2D eigenvalue weighted by molar-refractivity contribution is -0.139. The van der Waals surface area contributed by atoms with Gasteiger partial charge in [0.15, 0.2) is 6.61 Å². The van der Waals surface area contributed by atoms with Crippen LogP contribution in [0.2, 0.25) is 0 Å². The monoisotopic (exact) mass is 355 g/mol. The van der Waals surface area contributed by atoms with Crippen LogP contribution in [0.3, 0.4) is 0 Å². The van der Waals surface area contributed by atoms with Gasteiger partial charge in [-0.3, -0.25) is 4.79 Å². The van der Waals surface area contributed by atoms with Crippen LogP contribution < -0.4 is 15.0 Å². The molecule has 2 N–H and O–H groups in total. The number of carboxylic acid groups (broad SMARTS) is 1. The van der Waals surface area contributed by atoms with Gasteiger partial charge in [0, 0.05) is 18.7 Å². The molecule has 0 atom stereocenters. The van der Waals surface area contributed by atoms with Crippen LogP contribution in [0.25, 0.3) is 0 Å². The third-order valence-electron chi connectivity index (χ3n) is 4.17. The number of carbonyl (C=O) groups is 2. The van der Waals surface area contributed by atoms with E-state index in [9.17, 15) is 9.59 Å². The Kier molecular flexibility index (Phi) is 5.68. The second-order valence-electron chi connectivity index (χ2n) is 6.11. The summed E-state index contributed by atoms with van der Waals surface area (Å²) in [5.74, 6) is -0.608. The molecule has 1 aliphatic rings. The number of carbonyl (C=O) groups excluding carboxylic acids is 1. The lowest BCUT2D eigenvalue weighted by Gasteiger charge is -2.28. The summed E-state index contributed by atoms with van der Waals surface area (Å²) in [4.78, 5) is 29.5. The summed E-state index contributed by atoms with van der Waals surface area (Å²) in [6, 6.07) is 10.1. The number of nitrogens with zero attached hydrogens (tertiary/aromatic N) is 2. The number of ether oxygens (including phenoxy) is 1. The van der Waals surface area contributed by atoms with E-state index in [0.29, 0.717) is 17.1 Å². The Labute approximate surface area is 151 Å². The number of hydrogen-bond donors (Lipinski definition) is 2. The summed E-state index contributed by atoms with van der Waals surface area (Å²) >= 11 is 0. The molecule has 3 rings (SSSR count). The standard InChI is InChI=1S/C19H21N3O4/c23-18(24)13-26-16-6-4-5-14(11-16)19(25)21-17-8-7-15(12-20-17)22-9-2-1-3-10-22/h4-8,11-12H,1-3,9-10,13H2,(H,23,24)(H,20,21,25). The van der Waals surface area contributed by atoms with E-state index < -0.39 is 12.6 Å². The minimum atomic E-state index is -1.07. The highest BCUT2D eigenvalue weighted by Gasteiger charge is 2.12. The van der Waals surface area contributed by atoms with Crippen molar-refractivity contribution in [1.29, 1.82) is 0 Å². The fraction of sp³-hybridized carbons (Fsp3) is 0.316. The smallest absolute Gasteiger partial charge is 0.341 e. The largest absolute Gasteiger partial charge is 0.482 e. The number of hydrogen-bond acceptors (Lipinski definition) is 5. The predicted molar refractivity (Wildman–Crippen MR) is 97.8 cm³/mol. The van der Waals surface area contributed by atoms with Crippen LogP contribution in [-0.2, 0) is 4.79 Å². The van der Waals surface area contributed by atoms with E-state index in [2.05, 4.69) is 15.2 Å². The molecular weight excluding hydrogens is 334 g/mol. The topological polar surface area (TPSA) is 91.8 Å². The highest BCUT2D eigenvalue weighted by Crippen LogP contribution is 2.20. The van der Waals surface area contributed by atoms with E-state index in [0.717, 1.165) is 18.8 Å². The minimum absolute atomic E-state index is 0.327. The first kappa shape index (κ1) is 17.7. The lowest BCUT2D eigenvalue weighted by Crippen LogP contribution is -2.29. The van der Waals surface area contributed by atoms with Crippen molar-refractivity contribution in [3.63, 3.8) is 0 Å². The Morgan fingerprint density at radius 1 is 1.15 bits per heavy atom. The van der Waals surface area contributed by atoms with Crippen LogP contribution in [0.5, 0.6) is 5.75 Å². The number of piperidine rings is 1. The summed E-state index contributed by atoms with van der Waals surface area (Å²) in [5.41, 5.74) is 1.43. The second-order valence-corrected chi connectivity index (χ2v) is 6.11. The number of carboxylic acids is 1. The van der Waals surface area contributed by atoms with Gasteiger partial charge in [0.1, 0.15) is 11.6 Å². The molecule has 1 amide bonds. The molecule has 0 bridgehead atoms. The van der Waals surface area contributed by atoms with Crippen LogP contribution in [0.1, 0.15) is 29.6 Å². The molecule has 0 spiro atoms. The maximum Gasteiger partial charge on any atom is 0.341 e. The number of nitrogens with one attached hydrogen (secondary N) is 1. The molecule has 0 saturated carbocycles. The van der Waals surface area contributed by atoms with Crippen molar-refractivity contribution in [3.8, 4) is 5.75 Å². The molecule has 1 aromatic carbocycles. The molecule has 2 heterocycles. The van der Waals surface area contributed by atoms with Gasteiger partial charge in [-0.05, 0) is 49.6 Å². The Balaban J connectivity index is 1.62. The quantitative estimate of drug-likeness (QED) is 0.828. The van der Waals surface area contributed by atoms with Crippen LogP contribution in [0.15, 0.2) is 42.6 Å². The van der Waals surface area contributed by atoms with Gasteiger partial charge in [-0.2, -0.15) is 0 Å². The fourth-order valence-corrected chi connectivity index (χ4v) is 2.86. The third kappa shape index (κ3) is 4.72. The van der Waals surface area contributed by atoms with Crippen molar-refractivity contribution < 1.29 is 19.4 Å². The van der Waals surface area contributed by atoms with E-state index >= 15 is 0 Å². The number of amides is 1. The van der Waals surface area contributed by atoms with Crippen molar-refractivity contribution >= 4 is 23.4 Å². The van der Waals surface area contributed by atoms with Crippen molar-refractivity contribution in [2.45, 2.75) is 19.3 Å². The number of aromatic nitrogens is 1. The Morgan fingerprint density at radius 2 is 1.96 bits per heavy atom. The van der Waals surface area contributed by atoms with Crippen molar-refractivity contribution in [1.82, 2.24) is 4.98 Å². The van der Waals surface area contributed by atoms with Crippen molar-refractivity contribution in [2.75, 3.05) is 29.9 Å². The molecule has 136 valence electrons. The highest BCUT2D eigenvalue weighted by atomic mass is 16.5. The number of benzene rings is 1. The number of pyridine rings is 1. The lowest BCUT2D eigenvalue weighted by atomic mass is 10.1. The first-order valence-electron chi connectivity index (χ1n) is 8.59. The molecule has 0 aliphatic carbocycles. The van der Waals surface area contributed by atoms with Gasteiger partial charge >= 0.3 is 5.97 Å². The van der Waals surface area contributed by atoms with E-state index in [-0.39, 0.29) is 5.91 Å². The fourth-order valence-electron chi connectivity index (χ4n) is 2.86. The first-order valence-corrected chi connectivity index (χ1v) is 8.59. The van der Waals surface area contributed by atoms with Crippen molar-refractivity contribution in [2.24, 2.45) is 0 Å². The minimum Gasteiger partial charge on any atom is -0.482 e. The molecule has 1 fully saturated rings. The normalized spacial score (nSPS) is 13.9. The van der Waals surface area contributed by atoms with Gasteiger partial charge in [0.25, 0.3) is 5.91 Å². The van der Waals surface area contributed by atoms with E-state index in [4.69, 9.17) is 9.84 Å². The molecule has 1 aliphatic heterocycles. The van der Waals surface area contributed by atoms with Gasteiger partial charge < -0.3 is 20.1 Å². The molecular formula is C19H21N3O4. The molecule has 0 unspecified atom stereocenters. The number of rotatable bonds is 6. The number of anilines is 2.